The summed E-state index contributed by atoms with van der Waals surface area (Å²) in [7, 11) is 1.47. The molecule has 44 valence electrons. The molecule has 0 atom stereocenters. The van der Waals surface area contributed by atoms with Gasteiger partial charge in [-0.3, -0.25) is 0 Å². The Morgan fingerprint density at radius 3 is 2.25 bits per heavy atom. The lowest BCUT2D eigenvalue weighted by Crippen LogP contribution is -1.87. The molecule has 2 N–H and O–H groups in total. The first-order valence-corrected chi connectivity index (χ1v) is 1.99. The molecule has 0 amide bonds. The van der Waals surface area contributed by atoms with E-state index in [4.69, 9.17) is 10.2 Å². The first-order chi connectivity index (χ1) is 3.72. The zero-order chi connectivity index (χ0) is 6.15. The zero-order valence-electron chi connectivity index (χ0n) is 4.24. The van der Waals surface area contributed by atoms with E-state index >= 15 is 0 Å². The van der Waals surface area contributed by atoms with E-state index in [1.165, 1.54) is 7.05 Å². The SMILES string of the molecule is Cn1nnc(O)c1O. The van der Waals surface area contributed by atoms with Crippen molar-refractivity contribution in [2.24, 2.45) is 7.05 Å². The molecule has 0 fully saturated rings. The predicted octanol–water partition coefficient (Wildman–Crippen LogP) is -0.774. The van der Waals surface area contributed by atoms with Crippen LogP contribution in [0.1, 0.15) is 0 Å². The van der Waals surface area contributed by atoms with E-state index in [0.29, 0.717) is 0 Å². The van der Waals surface area contributed by atoms with E-state index in [0.717, 1.165) is 4.68 Å². The van der Waals surface area contributed by atoms with Gasteiger partial charge >= 0.3 is 0 Å². The maximum absolute atomic E-state index is 8.63. The molecule has 1 heterocycles. The van der Waals surface area contributed by atoms with Gasteiger partial charge in [0.25, 0.3) is 11.8 Å². The van der Waals surface area contributed by atoms with Gasteiger partial charge in [0.15, 0.2) is 0 Å². The Kier molecular flexibility index (Phi) is 0.831. The number of rotatable bonds is 0. The second kappa shape index (κ2) is 1.36. The van der Waals surface area contributed by atoms with Crippen LogP contribution in [0.4, 0.5) is 0 Å². The third-order valence-electron chi connectivity index (χ3n) is 0.780. The molecule has 8 heavy (non-hydrogen) atoms. The molecular weight excluding hydrogens is 110 g/mol. The third kappa shape index (κ3) is 0.481. The molecule has 0 unspecified atom stereocenters. The van der Waals surface area contributed by atoms with E-state index in [9.17, 15) is 0 Å². The van der Waals surface area contributed by atoms with Crippen LogP contribution >= 0.6 is 0 Å². The van der Waals surface area contributed by atoms with Gasteiger partial charge < -0.3 is 10.2 Å². The summed E-state index contributed by atoms with van der Waals surface area (Å²) in [6, 6.07) is 0. The highest BCUT2D eigenvalue weighted by Crippen LogP contribution is 2.16. The number of aromatic hydroxyl groups is 2. The standard InChI is InChI=1S/C3H5N3O2/c1-6-3(8)2(7)4-5-6/h7-8H,1H3. The van der Waals surface area contributed by atoms with Crippen LogP contribution in [0.5, 0.6) is 11.8 Å². The summed E-state index contributed by atoms with van der Waals surface area (Å²) >= 11 is 0. The van der Waals surface area contributed by atoms with Gasteiger partial charge in [-0.1, -0.05) is 10.3 Å². The smallest absolute Gasteiger partial charge is 0.295 e. The highest BCUT2D eigenvalue weighted by Gasteiger charge is 2.03. The lowest BCUT2D eigenvalue weighted by molar-refractivity contribution is 0.372. The largest absolute Gasteiger partial charge is 0.490 e. The fourth-order valence-electron chi connectivity index (χ4n) is 0.341. The molecule has 0 aromatic carbocycles. The van der Waals surface area contributed by atoms with Crippen molar-refractivity contribution in [3.05, 3.63) is 0 Å². The highest BCUT2D eigenvalue weighted by molar-refractivity contribution is 5.19. The van der Waals surface area contributed by atoms with Crippen LogP contribution in [0.2, 0.25) is 0 Å². The van der Waals surface area contributed by atoms with Crippen LogP contribution in [-0.4, -0.2) is 25.2 Å². The summed E-state index contributed by atoms with van der Waals surface area (Å²) in [4.78, 5) is 0. The fourth-order valence-corrected chi connectivity index (χ4v) is 0.341. The van der Waals surface area contributed by atoms with Crippen LogP contribution in [-0.2, 0) is 7.05 Å². The quantitative estimate of drug-likeness (QED) is 0.465. The molecule has 0 aliphatic rings. The number of aryl methyl sites for hydroxylation is 1. The van der Waals surface area contributed by atoms with Gasteiger partial charge in [-0.25, -0.2) is 4.68 Å². The summed E-state index contributed by atoms with van der Waals surface area (Å²) in [5, 5.41) is 23.5. The Morgan fingerprint density at radius 2 is 2.12 bits per heavy atom. The molecule has 0 aliphatic carbocycles. The zero-order valence-corrected chi connectivity index (χ0v) is 4.24. The Balaban J connectivity index is 3.19. The van der Waals surface area contributed by atoms with Crippen molar-refractivity contribution in [2.75, 3.05) is 0 Å². The highest BCUT2D eigenvalue weighted by atomic mass is 16.3. The minimum absolute atomic E-state index is 0.315. The average molecular weight is 115 g/mol. The summed E-state index contributed by atoms with van der Waals surface area (Å²) in [5.74, 6) is -0.752. The Hall–Kier alpha value is -1.26. The second-order valence-corrected chi connectivity index (χ2v) is 1.36. The average Bonchev–Trinajstić information content (AvgIpc) is 1.98. The van der Waals surface area contributed by atoms with Gasteiger partial charge in [-0.05, 0) is 0 Å². The minimum atomic E-state index is -0.437. The minimum Gasteiger partial charge on any atom is -0.490 e. The number of aromatic nitrogens is 3. The molecule has 1 rings (SSSR count). The maximum Gasteiger partial charge on any atom is 0.295 e. The summed E-state index contributed by atoms with van der Waals surface area (Å²) in [6.45, 7) is 0. The Morgan fingerprint density at radius 1 is 1.50 bits per heavy atom. The maximum atomic E-state index is 8.63. The molecule has 0 saturated carbocycles. The van der Waals surface area contributed by atoms with Crippen molar-refractivity contribution < 1.29 is 10.2 Å². The molecule has 1 aromatic rings. The molecule has 0 bridgehead atoms. The number of hydrogen-bond donors (Lipinski definition) is 2. The Bertz CT molecular complexity index is 175. The molecule has 5 heteroatoms. The normalized spacial score (nSPS) is 9.62. The number of hydrogen-bond acceptors (Lipinski definition) is 4. The summed E-state index contributed by atoms with van der Waals surface area (Å²) < 4.78 is 1.06. The number of nitrogens with zero attached hydrogens (tertiary/aromatic N) is 3. The van der Waals surface area contributed by atoms with E-state index in [-0.39, 0.29) is 5.88 Å². The van der Waals surface area contributed by atoms with E-state index in [2.05, 4.69) is 10.3 Å². The Labute approximate surface area is 45.2 Å². The molecule has 0 saturated heterocycles. The van der Waals surface area contributed by atoms with Crippen molar-refractivity contribution in [3.63, 3.8) is 0 Å². The molecule has 1 aromatic heterocycles. The molecular formula is C3H5N3O2. The topological polar surface area (TPSA) is 71.2 Å². The van der Waals surface area contributed by atoms with E-state index < -0.39 is 5.88 Å². The van der Waals surface area contributed by atoms with Gasteiger partial charge in [-0.15, -0.1) is 0 Å². The van der Waals surface area contributed by atoms with Crippen molar-refractivity contribution in [2.45, 2.75) is 0 Å². The first kappa shape index (κ1) is 4.89. The van der Waals surface area contributed by atoms with Gasteiger partial charge in [0, 0.05) is 7.05 Å². The summed E-state index contributed by atoms with van der Waals surface area (Å²) in [6.07, 6.45) is 0. The van der Waals surface area contributed by atoms with Crippen LogP contribution in [0, 0.1) is 0 Å². The van der Waals surface area contributed by atoms with E-state index in [1.54, 1.807) is 0 Å². The van der Waals surface area contributed by atoms with Gasteiger partial charge in [0.1, 0.15) is 0 Å². The van der Waals surface area contributed by atoms with Crippen LogP contribution in [0.25, 0.3) is 0 Å². The lowest BCUT2D eigenvalue weighted by atomic mass is 10.8. The fraction of sp³-hybridized carbons (Fsp3) is 0.333. The van der Waals surface area contributed by atoms with E-state index in [1.807, 2.05) is 0 Å². The van der Waals surface area contributed by atoms with Crippen molar-refractivity contribution in [1.29, 1.82) is 0 Å². The van der Waals surface area contributed by atoms with Crippen molar-refractivity contribution in [1.82, 2.24) is 15.0 Å². The molecule has 5 nitrogen and oxygen atoms in total. The van der Waals surface area contributed by atoms with Gasteiger partial charge in [0.05, 0.1) is 0 Å². The molecule has 0 radical (unpaired) electrons. The molecule has 0 spiro atoms. The van der Waals surface area contributed by atoms with Crippen LogP contribution < -0.4 is 0 Å². The van der Waals surface area contributed by atoms with Crippen LogP contribution in [0.15, 0.2) is 0 Å². The van der Waals surface area contributed by atoms with Crippen LogP contribution in [0.3, 0.4) is 0 Å². The van der Waals surface area contributed by atoms with Gasteiger partial charge in [-0.2, -0.15) is 0 Å². The summed E-state index contributed by atoms with van der Waals surface area (Å²) in [5.41, 5.74) is 0. The lowest BCUT2D eigenvalue weighted by Gasteiger charge is -1.85. The molecule has 0 aliphatic heterocycles. The second-order valence-electron chi connectivity index (χ2n) is 1.36. The first-order valence-electron chi connectivity index (χ1n) is 1.99. The monoisotopic (exact) mass is 115 g/mol. The predicted molar refractivity (Wildman–Crippen MR) is 24.3 cm³/mol. The van der Waals surface area contributed by atoms with Crippen molar-refractivity contribution >= 4 is 0 Å². The van der Waals surface area contributed by atoms with Gasteiger partial charge in [0.2, 0.25) is 0 Å². The third-order valence-corrected chi connectivity index (χ3v) is 0.780. The van der Waals surface area contributed by atoms with Crippen molar-refractivity contribution in [3.8, 4) is 11.8 Å².